The maximum absolute atomic E-state index is 14.3. The highest BCUT2D eigenvalue weighted by atomic mass is 35.5. The number of hydrogen-bond donors (Lipinski definition) is 0. The third-order valence-electron chi connectivity index (χ3n) is 5.55. The molecule has 3 aromatic rings. The van der Waals surface area contributed by atoms with Gasteiger partial charge in [0.05, 0.1) is 5.52 Å². The van der Waals surface area contributed by atoms with Crippen LogP contribution in [0.4, 0.5) is 14.6 Å². The van der Waals surface area contributed by atoms with Gasteiger partial charge in [-0.25, -0.2) is 18.7 Å². The second-order valence-electron chi connectivity index (χ2n) is 8.15. The van der Waals surface area contributed by atoms with Gasteiger partial charge >= 0.3 is 0 Å². The van der Waals surface area contributed by atoms with Crippen LogP contribution in [-0.2, 0) is 4.79 Å². The van der Waals surface area contributed by atoms with Crippen LogP contribution < -0.4 is 4.90 Å². The van der Waals surface area contributed by atoms with E-state index in [0.29, 0.717) is 54.6 Å². The largest absolute Gasteiger partial charge is 0.352 e. The first-order valence-electron chi connectivity index (χ1n) is 10.6. The maximum Gasteiger partial charge on any atom is 0.246 e. The number of nitrogens with zero attached hydrogens (tertiary/aromatic N) is 5. The predicted octanol–water partition coefficient (Wildman–Crippen LogP) is 3.99. The summed E-state index contributed by atoms with van der Waals surface area (Å²) in [6.45, 7) is 3.09. The zero-order valence-corrected chi connectivity index (χ0v) is 19.2. The van der Waals surface area contributed by atoms with Gasteiger partial charge in [0, 0.05) is 66.4 Å². The van der Waals surface area contributed by atoms with E-state index in [2.05, 4.69) is 14.9 Å². The molecule has 6 nitrogen and oxygen atoms in total. The predicted molar refractivity (Wildman–Crippen MR) is 126 cm³/mol. The molecule has 1 aliphatic heterocycles. The smallest absolute Gasteiger partial charge is 0.246 e. The van der Waals surface area contributed by atoms with Gasteiger partial charge in [-0.3, -0.25) is 4.79 Å². The third kappa shape index (κ3) is 5.12. The highest BCUT2D eigenvalue weighted by Crippen LogP contribution is 2.36. The van der Waals surface area contributed by atoms with Crippen LogP contribution >= 0.6 is 11.6 Å². The van der Waals surface area contributed by atoms with Crippen LogP contribution in [0, 0.1) is 11.6 Å². The molecular formula is C24H24ClF2N5O. The molecule has 0 saturated carbocycles. The molecule has 1 amide bonds. The molecule has 1 aliphatic rings. The van der Waals surface area contributed by atoms with Crippen LogP contribution in [0.5, 0.6) is 0 Å². The molecular weight excluding hydrogens is 448 g/mol. The van der Waals surface area contributed by atoms with Crippen LogP contribution in [0.15, 0.2) is 48.8 Å². The molecule has 2 heterocycles. The van der Waals surface area contributed by atoms with E-state index >= 15 is 0 Å². The van der Waals surface area contributed by atoms with E-state index in [1.807, 2.05) is 30.0 Å². The first-order valence-corrected chi connectivity index (χ1v) is 11.0. The number of carbonyl (C=O) groups excluding carboxylic acids is 1. The Morgan fingerprint density at radius 1 is 1.09 bits per heavy atom. The van der Waals surface area contributed by atoms with E-state index < -0.39 is 11.6 Å². The van der Waals surface area contributed by atoms with Crippen molar-refractivity contribution in [2.45, 2.75) is 0 Å². The first kappa shape index (κ1) is 23.1. The summed E-state index contributed by atoms with van der Waals surface area (Å²) < 4.78 is 27.6. The Morgan fingerprint density at radius 3 is 2.55 bits per heavy atom. The van der Waals surface area contributed by atoms with Crippen molar-refractivity contribution in [2.24, 2.45) is 0 Å². The van der Waals surface area contributed by atoms with Gasteiger partial charge in [0.1, 0.15) is 23.8 Å². The summed E-state index contributed by atoms with van der Waals surface area (Å²) in [5, 5.41) is 1.06. The van der Waals surface area contributed by atoms with Gasteiger partial charge in [-0.05, 0) is 38.4 Å². The van der Waals surface area contributed by atoms with Gasteiger partial charge in [0.25, 0.3) is 0 Å². The molecule has 1 aromatic heterocycles. The minimum absolute atomic E-state index is 0.00180. The molecule has 0 radical (unpaired) electrons. The van der Waals surface area contributed by atoms with Crippen LogP contribution in [0.3, 0.4) is 0 Å². The standard InChI is InChI=1S/C24H24ClF2N5O/c1-30(2)7-3-4-23(33)31-8-10-32(11-9-31)24-19-13-20(25)18(14-22(19)28-15-29-24)17-6-5-16(26)12-21(17)27/h3-6,12-15H,7-11H2,1-2H3. The van der Waals surface area contributed by atoms with Crippen LogP contribution in [-0.4, -0.2) is 72.5 Å². The molecule has 0 atom stereocenters. The third-order valence-corrected chi connectivity index (χ3v) is 5.86. The van der Waals surface area contributed by atoms with Crippen molar-refractivity contribution in [3.05, 3.63) is 65.5 Å². The van der Waals surface area contributed by atoms with E-state index in [1.165, 1.54) is 18.5 Å². The highest BCUT2D eigenvalue weighted by Gasteiger charge is 2.23. The Morgan fingerprint density at radius 2 is 1.85 bits per heavy atom. The number of aromatic nitrogens is 2. The number of likely N-dealkylation sites (N-methyl/N-ethyl adjacent to an activating group) is 1. The summed E-state index contributed by atoms with van der Waals surface area (Å²) >= 11 is 6.50. The van der Waals surface area contributed by atoms with E-state index in [-0.39, 0.29) is 11.5 Å². The summed E-state index contributed by atoms with van der Waals surface area (Å²) in [4.78, 5) is 27.1. The van der Waals surface area contributed by atoms with Crippen molar-refractivity contribution in [3.8, 4) is 11.1 Å². The fourth-order valence-corrected chi connectivity index (χ4v) is 4.10. The van der Waals surface area contributed by atoms with Crippen LogP contribution in [0.25, 0.3) is 22.0 Å². The van der Waals surface area contributed by atoms with E-state index in [0.717, 1.165) is 11.5 Å². The SMILES string of the molecule is CN(C)CC=CC(=O)N1CCN(c2ncnc3cc(-c4ccc(F)cc4F)c(Cl)cc23)CC1. The van der Waals surface area contributed by atoms with Gasteiger partial charge in [-0.2, -0.15) is 0 Å². The van der Waals surface area contributed by atoms with Crippen molar-refractivity contribution >= 4 is 34.2 Å². The number of rotatable bonds is 5. The fraction of sp³-hybridized carbons (Fsp3) is 0.292. The minimum atomic E-state index is -0.689. The Balaban J connectivity index is 1.55. The van der Waals surface area contributed by atoms with E-state index in [1.54, 1.807) is 18.2 Å². The fourth-order valence-electron chi connectivity index (χ4n) is 3.84. The molecule has 0 N–H and O–H groups in total. The lowest BCUT2D eigenvalue weighted by Crippen LogP contribution is -2.48. The number of halogens is 3. The zero-order chi connectivity index (χ0) is 23.5. The van der Waals surface area contributed by atoms with Gasteiger partial charge in [0.15, 0.2) is 0 Å². The summed E-state index contributed by atoms with van der Waals surface area (Å²) in [5.41, 5.74) is 1.25. The molecule has 1 saturated heterocycles. The second-order valence-corrected chi connectivity index (χ2v) is 8.55. The number of piperazine rings is 1. The number of hydrogen-bond acceptors (Lipinski definition) is 5. The van der Waals surface area contributed by atoms with Crippen molar-refractivity contribution in [3.63, 3.8) is 0 Å². The molecule has 1 fully saturated rings. The molecule has 2 aromatic carbocycles. The lowest BCUT2D eigenvalue weighted by molar-refractivity contribution is -0.126. The Labute approximate surface area is 196 Å². The molecule has 0 unspecified atom stereocenters. The van der Waals surface area contributed by atoms with E-state index in [9.17, 15) is 13.6 Å². The van der Waals surface area contributed by atoms with Crippen molar-refractivity contribution in [2.75, 3.05) is 51.7 Å². The average Bonchev–Trinajstić information content (AvgIpc) is 2.78. The first-order chi connectivity index (χ1) is 15.8. The van der Waals surface area contributed by atoms with Crippen molar-refractivity contribution in [1.82, 2.24) is 19.8 Å². The summed E-state index contributed by atoms with van der Waals surface area (Å²) in [5.74, 6) is -0.629. The average molecular weight is 472 g/mol. The molecule has 0 bridgehead atoms. The monoisotopic (exact) mass is 471 g/mol. The molecule has 4 rings (SSSR count). The number of fused-ring (bicyclic) bond motifs is 1. The second kappa shape index (κ2) is 9.80. The van der Waals surface area contributed by atoms with Crippen molar-refractivity contribution in [1.29, 1.82) is 0 Å². The topological polar surface area (TPSA) is 52.6 Å². The van der Waals surface area contributed by atoms with Crippen LogP contribution in [0.1, 0.15) is 0 Å². The molecule has 172 valence electrons. The summed E-state index contributed by atoms with van der Waals surface area (Å²) in [6, 6.07) is 6.79. The Kier molecular flexibility index (Phi) is 6.85. The van der Waals surface area contributed by atoms with Gasteiger partial charge in [0.2, 0.25) is 5.91 Å². The Bertz CT molecular complexity index is 1210. The minimum Gasteiger partial charge on any atom is -0.352 e. The van der Waals surface area contributed by atoms with Gasteiger partial charge in [-0.1, -0.05) is 17.7 Å². The normalized spacial score (nSPS) is 14.6. The van der Waals surface area contributed by atoms with Crippen molar-refractivity contribution < 1.29 is 13.6 Å². The maximum atomic E-state index is 14.3. The summed E-state index contributed by atoms with van der Waals surface area (Å²) in [7, 11) is 3.90. The Hall–Kier alpha value is -3.10. The quantitative estimate of drug-likeness (QED) is 0.527. The van der Waals surface area contributed by atoms with Gasteiger partial charge < -0.3 is 14.7 Å². The van der Waals surface area contributed by atoms with E-state index in [4.69, 9.17) is 11.6 Å². The van der Waals surface area contributed by atoms with Crippen LogP contribution in [0.2, 0.25) is 5.02 Å². The number of anilines is 1. The molecule has 9 heteroatoms. The summed E-state index contributed by atoms with van der Waals surface area (Å²) in [6.07, 6.45) is 4.93. The zero-order valence-electron chi connectivity index (χ0n) is 18.4. The number of carbonyl (C=O) groups is 1. The molecule has 0 spiro atoms. The molecule has 33 heavy (non-hydrogen) atoms. The number of amides is 1. The highest BCUT2D eigenvalue weighted by molar-refractivity contribution is 6.34. The lowest BCUT2D eigenvalue weighted by Gasteiger charge is -2.35. The van der Waals surface area contributed by atoms with Gasteiger partial charge in [-0.15, -0.1) is 0 Å². The number of benzene rings is 2. The lowest BCUT2D eigenvalue weighted by atomic mass is 10.0. The molecule has 0 aliphatic carbocycles.